The molecule has 0 bridgehead atoms. The molecule has 3 aromatic heterocycles. The van der Waals surface area contributed by atoms with Crippen molar-refractivity contribution < 1.29 is 9.21 Å². The maximum Gasteiger partial charge on any atom is 0.250 e. The third-order valence-corrected chi connectivity index (χ3v) is 5.08. The fraction of sp³-hybridized carbons (Fsp3) is 0.200. The van der Waals surface area contributed by atoms with Crippen LogP contribution >= 0.6 is 11.6 Å². The number of nitrogens with one attached hydrogen (secondary N) is 1. The number of hydrogen-bond donors (Lipinski definition) is 1. The van der Waals surface area contributed by atoms with Gasteiger partial charge in [0, 0.05) is 22.6 Å². The maximum atomic E-state index is 12.1. The van der Waals surface area contributed by atoms with Gasteiger partial charge < -0.3 is 4.42 Å². The SMILES string of the molecule is Cc1ncnc2c(Cl)cc(-c3nnc(NC(=O)C4CC4)nc3-c3ccco3)cc12. The zero-order valence-electron chi connectivity index (χ0n) is 15.4. The zero-order chi connectivity index (χ0) is 20.0. The van der Waals surface area contributed by atoms with Gasteiger partial charge >= 0.3 is 0 Å². The first-order valence-corrected chi connectivity index (χ1v) is 9.48. The lowest BCUT2D eigenvalue weighted by Gasteiger charge is -2.10. The fourth-order valence-corrected chi connectivity index (χ4v) is 3.37. The first-order valence-electron chi connectivity index (χ1n) is 9.11. The molecule has 9 heteroatoms. The van der Waals surface area contributed by atoms with Crippen molar-refractivity contribution in [2.45, 2.75) is 19.8 Å². The van der Waals surface area contributed by atoms with Gasteiger partial charge in [-0.1, -0.05) is 11.6 Å². The van der Waals surface area contributed by atoms with Crippen molar-refractivity contribution in [1.29, 1.82) is 0 Å². The molecule has 1 aromatic carbocycles. The molecule has 0 saturated heterocycles. The highest BCUT2D eigenvalue weighted by Crippen LogP contribution is 2.35. The maximum absolute atomic E-state index is 12.1. The van der Waals surface area contributed by atoms with E-state index in [0.29, 0.717) is 33.3 Å². The van der Waals surface area contributed by atoms with Gasteiger partial charge in [-0.15, -0.1) is 10.2 Å². The lowest BCUT2D eigenvalue weighted by Crippen LogP contribution is -2.16. The smallest absolute Gasteiger partial charge is 0.250 e. The molecule has 3 heterocycles. The lowest BCUT2D eigenvalue weighted by molar-refractivity contribution is -0.117. The van der Waals surface area contributed by atoms with Gasteiger partial charge in [-0.05, 0) is 44.0 Å². The standard InChI is InChI=1S/C20H15ClN6O2/c1-10-13-7-12(8-14(21)17(13)23-9-22-10)16-18(15-3-2-6-29-15)24-20(27-26-16)25-19(28)11-4-5-11/h2-3,6-9,11H,4-5H2,1H3,(H,24,25,27,28). The van der Waals surface area contributed by atoms with Crippen LogP contribution in [-0.2, 0) is 4.79 Å². The van der Waals surface area contributed by atoms with Crippen LogP contribution in [0.1, 0.15) is 18.5 Å². The van der Waals surface area contributed by atoms with E-state index >= 15 is 0 Å². The summed E-state index contributed by atoms with van der Waals surface area (Å²) in [6, 6.07) is 7.19. The second-order valence-electron chi connectivity index (χ2n) is 6.89. The number of carbonyl (C=O) groups excluding carboxylic acids is 1. The Bertz CT molecular complexity index is 1240. The van der Waals surface area contributed by atoms with Crippen LogP contribution in [0.25, 0.3) is 33.6 Å². The van der Waals surface area contributed by atoms with Gasteiger partial charge in [-0.2, -0.15) is 0 Å². The van der Waals surface area contributed by atoms with Gasteiger partial charge in [0.2, 0.25) is 11.9 Å². The van der Waals surface area contributed by atoms with E-state index in [-0.39, 0.29) is 17.8 Å². The van der Waals surface area contributed by atoms with E-state index < -0.39 is 0 Å². The van der Waals surface area contributed by atoms with E-state index in [9.17, 15) is 4.79 Å². The molecule has 1 fully saturated rings. The van der Waals surface area contributed by atoms with Crippen molar-refractivity contribution in [2.75, 3.05) is 5.32 Å². The quantitative estimate of drug-likeness (QED) is 0.544. The number of aromatic nitrogens is 5. The van der Waals surface area contributed by atoms with E-state index in [0.717, 1.165) is 23.9 Å². The Hall–Kier alpha value is -3.39. The van der Waals surface area contributed by atoms with Gasteiger partial charge in [0.25, 0.3) is 0 Å². The van der Waals surface area contributed by atoms with Crippen LogP contribution in [0.15, 0.2) is 41.3 Å². The van der Waals surface area contributed by atoms with Crippen LogP contribution in [0.2, 0.25) is 5.02 Å². The third-order valence-electron chi connectivity index (χ3n) is 4.79. The summed E-state index contributed by atoms with van der Waals surface area (Å²) in [6.07, 6.45) is 4.81. The summed E-state index contributed by atoms with van der Waals surface area (Å²) in [7, 11) is 0. The van der Waals surface area contributed by atoms with Crippen molar-refractivity contribution in [3.63, 3.8) is 0 Å². The Labute approximate surface area is 170 Å². The Morgan fingerprint density at radius 1 is 1.21 bits per heavy atom. The van der Waals surface area contributed by atoms with Gasteiger partial charge in [-0.3, -0.25) is 10.1 Å². The summed E-state index contributed by atoms with van der Waals surface area (Å²) in [5.41, 5.74) is 3.11. The van der Waals surface area contributed by atoms with Crippen molar-refractivity contribution in [3.8, 4) is 22.7 Å². The highest BCUT2D eigenvalue weighted by Gasteiger charge is 2.30. The van der Waals surface area contributed by atoms with E-state index in [1.165, 1.54) is 6.33 Å². The highest BCUT2D eigenvalue weighted by atomic mass is 35.5. The van der Waals surface area contributed by atoms with Crippen molar-refractivity contribution in [2.24, 2.45) is 5.92 Å². The molecule has 29 heavy (non-hydrogen) atoms. The van der Waals surface area contributed by atoms with Crippen LogP contribution in [0.5, 0.6) is 0 Å². The summed E-state index contributed by atoms with van der Waals surface area (Å²) in [4.78, 5) is 25.1. The normalized spacial score (nSPS) is 13.6. The minimum absolute atomic E-state index is 0.0348. The Morgan fingerprint density at radius 3 is 2.83 bits per heavy atom. The Kier molecular flexibility index (Phi) is 4.21. The van der Waals surface area contributed by atoms with Gasteiger partial charge in [0.05, 0.1) is 16.8 Å². The first kappa shape index (κ1) is 17.7. The molecular formula is C20H15ClN6O2. The minimum Gasteiger partial charge on any atom is -0.463 e. The topological polar surface area (TPSA) is 107 Å². The second-order valence-corrected chi connectivity index (χ2v) is 7.29. The number of halogens is 1. The molecule has 0 atom stereocenters. The Morgan fingerprint density at radius 2 is 2.07 bits per heavy atom. The van der Waals surface area contributed by atoms with Crippen LogP contribution in [0.3, 0.4) is 0 Å². The highest BCUT2D eigenvalue weighted by molar-refractivity contribution is 6.35. The number of furan rings is 1. The second kappa shape index (κ2) is 6.89. The number of aryl methyl sites for hydroxylation is 1. The lowest BCUT2D eigenvalue weighted by atomic mass is 10.0. The van der Waals surface area contributed by atoms with Gasteiger partial charge in [0.15, 0.2) is 5.76 Å². The van der Waals surface area contributed by atoms with Crippen LogP contribution in [0.4, 0.5) is 5.95 Å². The predicted octanol–water partition coefficient (Wildman–Crippen LogP) is 4.05. The number of hydrogen-bond acceptors (Lipinski definition) is 7. The molecule has 1 saturated carbocycles. The minimum atomic E-state index is -0.0912. The third kappa shape index (κ3) is 3.31. The molecule has 1 aliphatic carbocycles. The molecule has 0 unspecified atom stereocenters. The molecule has 0 spiro atoms. The van der Waals surface area contributed by atoms with E-state index in [4.69, 9.17) is 16.0 Å². The number of amides is 1. The summed E-state index contributed by atoms with van der Waals surface area (Å²) >= 11 is 6.46. The molecule has 8 nitrogen and oxygen atoms in total. The van der Waals surface area contributed by atoms with Crippen LogP contribution in [0, 0.1) is 12.8 Å². The van der Waals surface area contributed by atoms with E-state index in [1.807, 2.05) is 13.0 Å². The number of rotatable bonds is 4. The number of fused-ring (bicyclic) bond motifs is 1. The molecule has 4 aromatic rings. The fourth-order valence-electron chi connectivity index (χ4n) is 3.10. The molecule has 1 N–H and O–H groups in total. The molecular weight excluding hydrogens is 392 g/mol. The van der Waals surface area contributed by atoms with Gasteiger partial charge in [0.1, 0.15) is 17.7 Å². The van der Waals surface area contributed by atoms with Crippen molar-refractivity contribution in [3.05, 3.63) is 47.6 Å². The molecule has 5 rings (SSSR count). The van der Waals surface area contributed by atoms with Gasteiger partial charge in [-0.25, -0.2) is 15.0 Å². The van der Waals surface area contributed by atoms with Crippen molar-refractivity contribution >= 4 is 34.4 Å². The van der Waals surface area contributed by atoms with E-state index in [2.05, 4.69) is 30.5 Å². The number of nitrogens with zero attached hydrogens (tertiary/aromatic N) is 5. The summed E-state index contributed by atoms with van der Waals surface area (Å²) in [5, 5.41) is 12.4. The predicted molar refractivity (Wildman–Crippen MR) is 107 cm³/mol. The number of anilines is 1. The average molecular weight is 407 g/mol. The number of benzene rings is 1. The number of carbonyl (C=O) groups is 1. The zero-order valence-corrected chi connectivity index (χ0v) is 16.1. The molecule has 0 radical (unpaired) electrons. The molecule has 1 aliphatic rings. The summed E-state index contributed by atoms with van der Waals surface area (Å²) in [6.45, 7) is 1.89. The largest absolute Gasteiger partial charge is 0.463 e. The summed E-state index contributed by atoms with van der Waals surface area (Å²) in [5.74, 6) is 0.594. The van der Waals surface area contributed by atoms with E-state index in [1.54, 1.807) is 24.5 Å². The average Bonchev–Trinajstić information content (AvgIpc) is 3.43. The Balaban J connectivity index is 1.65. The van der Waals surface area contributed by atoms with Crippen LogP contribution in [-0.4, -0.2) is 31.1 Å². The summed E-state index contributed by atoms with van der Waals surface area (Å²) < 4.78 is 5.54. The van der Waals surface area contributed by atoms with Crippen molar-refractivity contribution in [1.82, 2.24) is 25.1 Å². The molecule has 0 aliphatic heterocycles. The first-order chi connectivity index (χ1) is 14.1. The monoisotopic (exact) mass is 406 g/mol. The molecule has 1 amide bonds. The molecule has 144 valence electrons. The van der Waals surface area contributed by atoms with Crippen LogP contribution < -0.4 is 5.32 Å².